The number of rotatable bonds is 2. The van der Waals surface area contributed by atoms with Crippen LogP contribution in [0.2, 0.25) is 0 Å². The third-order valence-electron chi connectivity index (χ3n) is 5.47. The molecule has 1 aliphatic heterocycles. The molecule has 4 rings (SSSR count). The minimum Gasteiger partial charge on any atom is -0.325 e. The van der Waals surface area contributed by atoms with Gasteiger partial charge in [0.05, 0.1) is 0 Å². The summed E-state index contributed by atoms with van der Waals surface area (Å²) in [4.78, 5) is 2.73. The van der Waals surface area contributed by atoms with Gasteiger partial charge in [-0.15, -0.1) is 0 Å². The molecule has 0 aromatic heterocycles. The van der Waals surface area contributed by atoms with Crippen molar-refractivity contribution in [3.05, 3.63) is 0 Å². The second-order valence-corrected chi connectivity index (χ2v) is 6.70. The van der Waals surface area contributed by atoms with Crippen molar-refractivity contribution in [3.63, 3.8) is 0 Å². The normalized spacial score (nSPS) is 44.8. The highest BCUT2D eigenvalue weighted by molar-refractivity contribution is 5.03. The highest BCUT2D eigenvalue weighted by Crippen LogP contribution is 2.51. The Labute approximate surface area is 99.6 Å². The second kappa shape index (κ2) is 3.99. The van der Waals surface area contributed by atoms with Gasteiger partial charge in [-0.3, -0.25) is 0 Å². The lowest BCUT2D eigenvalue weighted by atomic mass is 9.57. The SMILES string of the molecule is NC12CCC(CN3CCCCC3)(CC1)CC2. The van der Waals surface area contributed by atoms with E-state index in [2.05, 4.69) is 4.90 Å². The number of piperidine rings is 1. The largest absolute Gasteiger partial charge is 0.325 e. The summed E-state index contributed by atoms with van der Waals surface area (Å²) < 4.78 is 0. The van der Waals surface area contributed by atoms with Crippen LogP contribution < -0.4 is 5.73 Å². The number of fused-ring (bicyclic) bond motifs is 3. The topological polar surface area (TPSA) is 29.3 Å². The molecule has 0 aromatic carbocycles. The smallest absolute Gasteiger partial charge is 0.0155 e. The Balaban J connectivity index is 1.61. The molecule has 0 radical (unpaired) electrons. The molecule has 2 N–H and O–H groups in total. The molecule has 0 unspecified atom stereocenters. The molecule has 3 aliphatic carbocycles. The van der Waals surface area contributed by atoms with E-state index in [-0.39, 0.29) is 5.54 Å². The van der Waals surface area contributed by atoms with Gasteiger partial charge in [0.1, 0.15) is 0 Å². The number of likely N-dealkylation sites (tertiary alicyclic amines) is 1. The van der Waals surface area contributed by atoms with E-state index in [1.165, 1.54) is 77.4 Å². The monoisotopic (exact) mass is 222 g/mol. The minimum atomic E-state index is 0.240. The molecule has 0 amide bonds. The molecule has 1 heterocycles. The van der Waals surface area contributed by atoms with Crippen LogP contribution in [0.5, 0.6) is 0 Å². The van der Waals surface area contributed by atoms with Gasteiger partial charge < -0.3 is 10.6 Å². The highest BCUT2D eigenvalue weighted by atomic mass is 15.1. The average Bonchev–Trinajstić information content (AvgIpc) is 2.33. The van der Waals surface area contributed by atoms with Crippen LogP contribution in [0.3, 0.4) is 0 Å². The Kier molecular flexibility index (Phi) is 2.75. The Hall–Kier alpha value is -0.0800. The summed E-state index contributed by atoms with van der Waals surface area (Å²) in [5.41, 5.74) is 7.28. The van der Waals surface area contributed by atoms with Crippen LogP contribution in [-0.4, -0.2) is 30.1 Å². The highest BCUT2D eigenvalue weighted by Gasteiger charge is 2.47. The van der Waals surface area contributed by atoms with Crippen LogP contribution in [-0.2, 0) is 0 Å². The van der Waals surface area contributed by atoms with Gasteiger partial charge in [-0.1, -0.05) is 6.42 Å². The molecule has 0 atom stereocenters. The third-order valence-corrected chi connectivity index (χ3v) is 5.47. The molecular formula is C14H26N2. The summed E-state index contributed by atoms with van der Waals surface area (Å²) in [6.45, 7) is 4.09. The third kappa shape index (κ3) is 2.02. The van der Waals surface area contributed by atoms with E-state index < -0.39 is 0 Å². The predicted octanol–water partition coefficient (Wildman–Crippen LogP) is 2.52. The van der Waals surface area contributed by atoms with Gasteiger partial charge in [0.25, 0.3) is 0 Å². The first kappa shape index (κ1) is 11.0. The van der Waals surface area contributed by atoms with Crippen molar-refractivity contribution < 1.29 is 0 Å². The fraction of sp³-hybridized carbons (Fsp3) is 1.00. The molecule has 2 nitrogen and oxygen atoms in total. The Bertz CT molecular complexity index is 231. The summed E-state index contributed by atoms with van der Waals surface area (Å²) in [6, 6.07) is 0. The van der Waals surface area contributed by atoms with Crippen molar-refractivity contribution in [2.75, 3.05) is 19.6 Å². The molecule has 2 heteroatoms. The molecule has 2 bridgehead atoms. The Morgan fingerprint density at radius 3 is 1.94 bits per heavy atom. The van der Waals surface area contributed by atoms with Crippen LogP contribution in [0.15, 0.2) is 0 Å². The fourth-order valence-corrected chi connectivity index (χ4v) is 4.12. The maximum atomic E-state index is 6.37. The lowest BCUT2D eigenvalue weighted by Gasteiger charge is -2.53. The first-order valence-electron chi connectivity index (χ1n) is 7.21. The van der Waals surface area contributed by atoms with Crippen molar-refractivity contribution in [1.29, 1.82) is 0 Å². The maximum absolute atomic E-state index is 6.37. The van der Waals surface area contributed by atoms with Gasteiger partial charge in [-0.2, -0.15) is 0 Å². The van der Waals surface area contributed by atoms with E-state index in [0.717, 1.165) is 0 Å². The summed E-state index contributed by atoms with van der Waals surface area (Å²) in [6.07, 6.45) is 12.4. The van der Waals surface area contributed by atoms with E-state index in [4.69, 9.17) is 5.73 Å². The molecule has 3 saturated carbocycles. The van der Waals surface area contributed by atoms with Gasteiger partial charge in [-0.25, -0.2) is 0 Å². The molecule has 4 aliphatic rings. The summed E-state index contributed by atoms with van der Waals surface area (Å²) >= 11 is 0. The van der Waals surface area contributed by atoms with Gasteiger partial charge in [-0.05, 0) is 69.9 Å². The van der Waals surface area contributed by atoms with Gasteiger partial charge in [0.2, 0.25) is 0 Å². The maximum Gasteiger partial charge on any atom is 0.0155 e. The average molecular weight is 222 g/mol. The minimum absolute atomic E-state index is 0.240. The molecular weight excluding hydrogens is 196 g/mol. The first-order valence-corrected chi connectivity index (χ1v) is 7.21. The van der Waals surface area contributed by atoms with Gasteiger partial charge in [0, 0.05) is 12.1 Å². The number of hydrogen-bond donors (Lipinski definition) is 1. The van der Waals surface area contributed by atoms with Crippen LogP contribution in [0.25, 0.3) is 0 Å². The van der Waals surface area contributed by atoms with Gasteiger partial charge >= 0.3 is 0 Å². The number of nitrogens with zero attached hydrogens (tertiary/aromatic N) is 1. The summed E-state index contributed by atoms with van der Waals surface area (Å²) in [5.74, 6) is 0. The van der Waals surface area contributed by atoms with Crippen LogP contribution in [0.4, 0.5) is 0 Å². The van der Waals surface area contributed by atoms with Crippen molar-refractivity contribution in [3.8, 4) is 0 Å². The molecule has 1 saturated heterocycles. The van der Waals surface area contributed by atoms with E-state index in [1.54, 1.807) is 0 Å². The number of hydrogen-bond acceptors (Lipinski definition) is 2. The second-order valence-electron chi connectivity index (χ2n) is 6.70. The first-order chi connectivity index (χ1) is 7.70. The Morgan fingerprint density at radius 2 is 1.38 bits per heavy atom. The summed E-state index contributed by atoms with van der Waals surface area (Å²) in [5, 5.41) is 0. The molecule has 0 aromatic rings. The molecule has 0 spiro atoms. The molecule has 16 heavy (non-hydrogen) atoms. The van der Waals surface area contributed by atoms with Crippen LogP contribution in [0.1, 0.15) is 57.8 Å². The zero-order valence-corrected chi connectivity index (χ0v) is 10.5. The predicted molar refractivity (Wildman–Crippen MR) is 67.3 cm³/mol. The van der Waals surface area contributed by atoms with E-state index in [1.807, 2.05) is 0 Å². The van der Waals surface area contributed by atoms with Crippen molar-refractivity contribution in [2.24, 2.45) is 11.1 Å². The van der Waals surface area contributed by atoms with Gasteiger partial charge in [0.15, 0.2) is 0 Å². The van der Waals surface area contributed by atoms with E-state index in [9.17, 15) is 0 Å². The lowest BCUT2D eigenvalue weighted by Crippen LogP contribution is -2.55. The zero-order chi connectivity index (χ0) is 11.1. The Morgan fingerprint density at radius 1 is 0.812 bits per heavy atom. The standard InChI is InChI=1S/C14H26N2/c15-14-7-4-13(5-8-14,6-9-14)12-16-10-2-1-3-11-16/h1-12,15H2. The lowest BCUT2D eigenvalue weighted by molar-refractivity contribution is 0.00779. The quantitative estimate of drug-likeness (QED) is 0.778. The molecule has 92 valence electrons. The van der Waals surface area contributed by atoms with Crippen molar-refractivity contribution in [2.45, 2.75) is 63.3 Å². The van der Waals surface area contributed by atoms with Crippen LogP contribution in [0, 0.1) is 5.41 Å². The molecule has 4 fully saturated rings. The summed E-state index contributed by atoms with van der Waals surface area (Å²) in [7, 11) is 0. The fourth-order valence-electron chi connectivity index (χ4n) is 4.12. The number of nitrogens with two attached hydrogens (primary N) is 1. The zero-order valence-electron chi connectivity index (χ0n) is 10.5. The van der Waals surface area contributed by atoms with Crippen molar-refractivity contribution in [1.82, 2.24) is 4.90 Å². The van der Waals surface area contributed by atoms with E-state index in [0.29, 0.717) is 5.41 Å². The van der Waals surface area contributed by atoms with Crippen LogP contribution >= 0.6 is 0 Å². The van der Waals surface area contributed by atoms with Crippen molar-refractivity contribution >= 4 is 0 Å². The van der Waals surface area contributed by atoms with E-state index >= 15 is 0 Å².